The summed E-state index contributed by atoms with van der Waals surface area (Å²) in [6, 6.07) is 12.5. The van der Waals surface area contributed by atoms with Gasteiger partial charge in [-0.05, 0) is 23.6 Å². The highest BCUT2D eigenvalue weighted by Crippen LogP contribution is 2.22. The highest BCUT2D eigenvalue weighted by Gasteiger charge is 2.25. The van der Waals surface area contributed by atoms with Gasteiger partial charge in [0.25, 0.3) is 0 Å². The fourth-order valence-electron chi connectivity index (χ4n) is 4.04. The maximum Gasteiger partial charge on any atom is 0.236 e. The van der Waals surface area contributed by atoms with Crippen molar-refractivity contribution in [1.82, 2.24) is 14.7 Å². The number of nitrogens with zero attached hydrogens (tertiary/aromatic N) is 4. The number of benzene rings is 1. The van der Waals surface area contributed by atoms with Gasteiger partial charge in [-0.25, -0.2) is 0 Å². The van der Waals surface area contributed by atoms with E-state index in [0.717, 1.165) is 64.7 Å². The lowest BCUT2D eigenvalue weighted by molar-refractivity contribution is -0.134. The molecular formula is C22H30N4O2S. The summed E-state index contributed by atoms with van der Waals surface area (Å²) < 4.78 is 5.33. The quantitative estimate of drug-likeness (QED) is 0.725. The molecule has 1 aromatic heterocycles. The summed E-state index contributed by atoms with van der Waals surface area (Å²) >= 11 is 1.81. The maximum atomic E-state index is 12.8. The monoisotopic (exact) mass is 414 g/mol. The first kappa shape index (κ1) is 20.2. The molecule has 0 saturated carbocycles. The van der Waals surface area contributed by atoms with Gasteiger partial charge in [-0.2, -0.15) is 0 Å². The normalized spacial score (nSPS) is 18.8. The van der Waals surface area contributed by atoms with Crippen molar-refractivity contribution in [3.63, 3.8) is 0 Å². The summed E-state index contributed by atoms with van der Waals surface area (Å²) in [5.74, 6) is 1.16. The van der Waals surface area contributed by atoms with Crippen LogP contribution in [-0.2, 0) is 11.3 Å². The van der Waals surface area contributed by atoms with Crippen molar-refractivity contribution in [2.24, 2.45) is 0 Å². The first-order valence-electron chi connectivity index (χ1n) is 10.3. The standard InChI is InChI=1S/C22H30N4O2S/c1-28-20-5-2-4-19(16-20)25-11-7-24(8-12-25)18-22(27)26-13-9-23(10-14-26)17-21-6-3-15-29-21/h2-6,15-16H,7-14,17-18H2,1H3. The topological polar surface area (TPSA) is 39.3 Å². The molecule has 0 spiro atoms. The number of thiophene rings is 1. The number of ether oxygens (including phenoxy) is 1. The predicted octanol–water partition coefficient (Wildman–Crippen LogP) is 2.22. The number of piperazine rings is 2. The molecule has 0 bridgehead atoms. The minimum absolute atomic E-state index is 0.274. The molecule has 7 heteroatoms. The second-order valence-electron chi connectivity index (χ2n) is 7.70. The summed E-state index contributed by atoms with van der Waals surface area (Å²) in [6.07, 6.45) is 0. The highest BCUT2D eigenvalue weighted by atomic mass is 32.1. The number of methoxy groups -OCH3 is 1. The van der Waals surface area contributed by atoms with Gasteiger partial charge in [0.05, 0.1) is 13.7 Å². The molecule has 0 unspecified atom stereocenters. The van der Waals surface area contributed by atoms with Crippen LogP contribution in [0.1, 0.15) is 4.88 Å². The van der Waals surface area contributed by atoms with Crippen LogP contribution in [0.15, 0.2) is 41.8 Å². The van der Waals surface area contributed by atoms with Crippen molar-refractivity contribution in [3.8, 4) is 5.75 Å². The molecule has 3 heterocycles. The molecule has 0 aliphatic carbocycles. The third kappa shape index (κ3) is 5.29. The SMILES string of the molecule is COc1cccc(N2CCN(CC(=O)N3CCN(Cc4cccs4)CC3)CC2)c1. The molecule has 29 heavy (non-hydrogen) atoms. The largest absolute Gasteiger partial charge is 0.497 e. The zero-order valence-corrected chi connectivity index (χ0v) is 17.9. The van der Waals surface area contributed by atoms with E-state index in [2.05, 4.69) is 44.3 Å². The van der Waals surface area contributed by atoms with E-state index >= 15 is 0 Å². The molecule has 0 N–H and O–H groups in total. The molecule has 6 nitrogen and oxygen atoms in total. The van der Waals surface area contributed by atoms with Crippen LogP contribution in [0.3, 0.4) is 0 Å². The van der Waals surface area contributed by atoms with Gasteiger partial charge >= 0.3 is 0 Å². The van der Waals surface area contributed by atoms with Crippen LogP contribution in [0.4, 0.5) is 5.69 Å². The second-order valence-corrected chi connectivity index (χ2v) is 8.73. The third-order valence-electron chi connectivity index (χ3n) is 5.83. The Morgan fingerprint density at radius 2 is 1.72 bits per heavy atom. The molecule has 2 fully saturated rings. The zero-order chi connectivity index (χ0) is 20.1. The fourth-order valence-corrected chi connectivity index (χ4v) is 4.79. The lowest BCUT2D eigenvalue weighted by atomic mass is 10.2. The summed E-state index contributed by atoms with van der Waals surface area (Å²) in [4.78, 5) is 23.3. The number of carbonyl (C=O) groups excluding carboxylic acids is 1. The van der Waals surface area contributed by atoms with Crippen molar-refractivity contribution >= 4 is 22.9 Å². The van der Waals surface area contributed by atoms with Crippen LogP contribution in [0.2, 0.25) is 0 Å². The molecule has 0 radical (unpaired) electrons. The highest BCUT2D eigenvalue weighted by molar-refractivity contribution is 7.09. The number of amides is 1. The molecular weight excluding hydrogens is 384 g/mol. The Morgan fingerprint density at radius 1 is 0.966 bits per heavy atom. The second kappa shape index (κ2) is 9.61. The molecule has 2 saturated heterocycles. The van der Waals surface area contributed by atoms with E-state index in [1.54, 1.807) is 7.11 Å². The van der Waals surface area contributed by atoms with E-state index < -0.39 is 0 Å². The van der Waals surface area contributed by atoms with Crippen molar-refractivity contribution in [2.75, 3.05) is 70.9 Å². The van der Waals surface area contributed by atoms with E-state index in [1.807, 2.05) is 28.4 Å². The van der Waals surface area contributed by atoms with E-state index in [1.165, 1.54) is 10.6 Å². The van der Waals surface area contributed by atoms with Gasteiger partial charge in [0.15, 0.2) is 0 Å². The molecule has 156 valence electrons. The first-order valence-corrected chi connectivity index (χ1v) is 11.2. The van der Waals surface area contributed by atoms with Crippen LogP contribution in [0.25, 0.3) is 0 Å². The van der Waals surface area contributed by atoms with Gasteiger partial charge in [0, 0.05) is 75.5 Å². The summed E-state index contributed by atoms with van der Waals surface area (Å²) in [5.41, 5.74) is 1.19. The Labute approximate surface area is 177 Å². The van der Waals surface area contributed by atoms with E-state index in [4.69, 9.17) is 4.74 Å². The van der Waals surface area contributed by atoms with Crippen molar-refractivity contribution in [2.45, 2.75) is 6.54 Å². The first-order chi connectivity index (χ1) is 14.2. The third-order valence-corrected chi connectivity index (χ3v) is 6.70. The fraction of sp³-hybridized carbons (Fsp3) is 0.500. The van der Waals surface area contributed by atoms with Gasteiger partial charge in [0.1, 0.15) is 5.75 Å². The maximum absolute atomic E-state index is 12.8. The predicted molar refractivity (Wildman–Crippen MR) is 118 cm³/mol. The number of anilines is 1. The smallest absolute Gasteiger partial charge is 0.236 e. The molecule has 0 atom stereocenters. The Balaban J connectivity index is 1.20. The Morgan fingerprint density at radius 3 is 2.41 bits per heavy atom. The molecule has 2 aromatic rings. The van der Waals surface area contributed by atoms with E-state index in [-0.39, 0.29) is 5.91 Å². The van der Waals surface area contributed by atoms with Crippen LogP contribution in [-0.4, -0.2) is 86.6 Å². The number of rotatable bonds is 6. The van der Waals surface area contributed by atoms with Gasteiger partial charge in [-0.1, -0.05) is 12.1 Å². The van der Waals surface area contributed by atoms with Crippen LogP contribution < -0.4 is 9.64 Å². The Bertz CT molecular complexity index is 782. The van der Waals surface area contributed by atoms with Crippen LogP contribution >= 0.6 is 11.3 Å². The average molecular weight is 415 g/mol. The zero-order valence-electron chi connectivity index (χ0n) is 17.1. The van der Waals surface area contributed by atoms with E-state index in [0.29, 0.717) is 6.54 Å². The van der Waals surface area contributed by atoms with Crippen LogP contribution in [0, 0.1) is 0 Å². The number of hydrogen-bond donors (Lipinski definition) is 0. The minimum atomic E-state index is 0.274. The lowest BCUT2D eigenvalue weighted by Crippen LogP contribution is -2.53. The summed E-state index contributed by atoms with van der Waals surface area (Å²) in [6.45, 7) is 8.87. The Hall–Kier alpha value is -2.09. The van der Waals surface area contributed by atoms with E-state index in [9.17, 15) is 4.79 Å². The summed E-state index contributed by atoms with van der Waals surface area (Å²) in [7, 11) is 1.70. The lowest BCUT2D eigenvalue weighted by Gasteiger charge is -2.38. The van der Waals surface area contributed by atoms with Gasteiger partial charge < -0.3 is 14.5 Å². The van der Waals surface area contributed by atoms with Crippen LogP contribution in [0.5, 0.6) is 5.75 Å². The number of hydrogen-bond acceptors (Lipinski definition) is 6. The minimum Gasteiger partial charge on any atom is -0.497 e. The van der Waals surface area contributed by atoms with Crippen molar-refractivity contribution in [3.05, 3.63) is 46.7 Å². The van der Waals surface area contributed by atoms with Gasteiger partial charge in [-0.3, -0.25) is 14.6 Å². The molecule has 4 rings (SSSR count). The van der Waals surface area contributed by atoms with Gasteiger partial charge in [-0.15, -0.1) is 11.3 Å². The number of carbonyl (C=O) groups is 1. The summed E-state index contributed by atoms with van der Waals surface area (Å²) in [5, 5.41) is 2.13. The van der Waals surface area contributed by atoms with Crippen molar-refractivity contribution in [1.29, 1.82) is 0 Å². The van der Waals surface area contributed by atoms with Crippen molar-refractivity contribution < 1.29 is 9.53 Å². The average Bonchev–Trinajstić information content (AvgIpc) is 3.28. The molecule has 2 aliphatic heterocycles. The molecule has 1 amide bonds. The van der Waals surface area contributed by atoms with Gasteiger partial charge in [0.2, 0.25) is 5.91 Å². The Kier molecular flexibility index (Phi) is 6.69. The molecule has 1 aromatic carbocycles. The molecule has 2 aliphatic rings.